The van der Waals surface area contributed by atoms with Crippen molar-refractivity contribution >= 4 is 23.7 Å². The Balaban J connectivity index is 2.76. The Labute approximate surface area is 107 Å². The second kappa shape index (κ2) is 3.73. The summed E-state index contributed by atoms with van der Waals surface area (Å²) in [7, 11) is 0. The third-order valence-electron chi connectivity index (χ3n) is 2.67. The molecule has 0 aromatic carbocycles. The molecule has 92 valence electrons. The molecular formula is C13H19N3S. The molecule has 0 spiro atoms. The van der Waals surface area contributed by atoms with Gasteiger partial charge < -0.3 is 4.98 Å². The Bertz CT molecular complexity index is 544. The van der Waals surface area contributed by atoms with E-state index in [4.69, 9.17) is 4.98 Å². The smallest absolute Gasteiger partial charge is 0.141 e. The minimum absolute atomic E-state index is 0.0624. The third kappa shape index (κ3) is 2.32. The molecule has 0 atom stereocenters. The highest BCUT2D eigenvalue weighted by Gasteiger charge is 2.25. The van der Waals surface area contributed by atoms with E-state index in [1.54, 1.807) is 0 Å². The van der Waals surface area contributed by atoms with Gasteiger partial charge in [0.2, 0.25) is 0 Å². The molecule has 2 heterocycles. The summed E-state index contributed by atoms with van der Waals surface area (Å²) < 4.78 is -0.274. The Hall–Kier alpha value is -1.03. The molecule has 2 rings (SSSR count). The van der Waals surface area contributed by atoms with E-state index >= 15 is 0 Å². The van der Waals surface area contributed by atoms with E-state index in [1.165, 1.54) is 0 Å². The van der Waals surface area contributed by atoms with Crippen LogP contribution in [0.2, 0.25) is 0 Å². The maximum atomic E-state index is 4.71. The van der Waals surface area contributed by atoms with Crippen LogP contribution in [0.3, 0.4) is 0 Å². The lowest BCUT2D eigenvalue weighted by molar-refractivity contribution is 0.540. The van der Waals surface area contributed by atoms with Crippen molar-refractivity contribution in [2.24, 2.45) is 0 Å². The molecule has 0 radical (unpaired) electrons. The van der Waals surface area contributed by atoms with Crippen molar-refractivity contribution in [3.05, 3.63) is 23.8 Å². The predicted octanol–water partition coefficient (Wildman–Crippen LogP) is 3.42. The SMILES string of the molecule is CC(C)(C)c1nc(C(C)(C)S)c2cc[nH]c2n1. The van der Waals surface area contributed by atoms with E-state index in [-0.39, 0.29) is 10.2 Å². The number of hydrogen-bond acceptors (Lipinski definition) is 3. The zero-order chi connectivity index (χ0) is 12.8. The highest BCUT2D eigenvalue weighted by molar-refractivity contribution is 7.81. The van der Waals surface area contributed by atoms with Crippen LogP contribution in [0.1, 0.15) is 46.1 Å². The number of nitrogens with one attached hydrogen (secondary N) is 1. The fourth-order valence-corrected chi connectivity index (χ4v) is 1.91. The van der Waals surface area contributed by atoms with Crippen LogP contribution in [0.15, 0.2) is 12.3 Å². The Morgan fingerprint density at radius 2 is 1.76 bits per heavy atom. The van der Waals surface area contributed by atoms with Crippen molar-refractivity contribution in [2.75, 3.05) is 0 Å². The highest BCUT2D eigenvalue weighted by atomic mass is 32.1. The molecule has 0 aliphatic carbocycles. The molecule has 17 heavy (non-hydrogen) atoms. The lowest BCUT2D eigenvalue weighted by Gasteiger charge is -2.22. The second-order valence-corrected chi connectivity index (χ2v) is 7.06. The predicted molar refractivity (Wildman–Crippen MR) is 74.6 cm³/mol. The first-order valence-corrected chi connectivity index (χ1v) is 6.23. The summed E-state index contributed by atoms with van der Waals surface area (Å²) in [5, 5.41) is 1.05. The van der Waals surface area contributed by atoms with Gasteiger partial charge in [-0.2, -0.15) is 12.6 Å². The van der Waals surface area contributed by atoms with Gasteiger partial charge in [-0.15, -0.1) is 0 Å². The number of hydrogen-bond donors (Lipinski definition) is 2. The molecule has 1 N–H and O–H groups in total. The zero-order valence-electron chi connectivity index (χ0n) is 11.0. The van der Waals surface area contributed by atoms with Crippen LogP contribution >= 0.6 is 12.6 Å². The molecule has 2 aromatic rings. The lowest BCUT2D eigenvalue weighted by atomic mass is 9.95. The van der Waals surface area contributed by atoms with Gasteiger partial charge in [0.1, 0.15) is 11.5 Å². The van der Waals surface area contributed by atoms with Gasteiger partial charge in [-0.3, -0.25) is 0 Å². The van der Waals surface area contributed by atoms with Crippen molar-refractivity contribution in [3.8, 4) is 0 Å². The van der Waals surface area contributed by atoms with Crippen LogP contribution in [0.4, 0.5) is 0 Å². The monoisotopic (exact) mass is 249 g/mol. The van der Waals surface area contributed by atoms with Crippen molar-refractivity contribution in [1.82, 2.24) is 15.0 Å². The fourth-order valence-electron chi connectivity index (χ4n) is 1.74. The van der Waals surface area contributed by atoms with E-state index in [9.17, 15) is 0 Å². The number of thiol groups is 1. The summed E-state index contributed by atoms with van der Waals surface area (Å²) >= 11 is 4.63. The van der Waals surface area contributed by atoms with E-state index in [1.807, 2.05) is 12.3 Å². The highest BCUT2D eigenvalue weighted by Crippen LogP contribution is 2.32. The number of rotatable bonds is 1. The van der Waals surface area contributed by atoms with Gasteiger partial charge in [0.05, 0.1) is 10.4 Å². The van der Waals surface area contributed by atoms with Crippen molar-refractivity contribution in [2.45, 2.75) is 44.8 Å². The Morgan fingerprint density at radius 3 is 2.29 bits per heavy atom. The standard InChI is InChI=1S/C13H19N3S/c1-12(2,3)11-15-9(13(4,5)17)8-6-7-14-10(8)16-11/h6-7,17H,1-5H3,(H,14,15,16). The topological polar surface area (TPSA) is 41.6 Å². The van der Waals surface area contributed by atoms with Crippen LogP contribution in [-0.2, 0) is 10.2 Å². The van der Waals surface area contributed by atoms with Crippen LogP contribution in [-0.4, -0.2) is 15.0 Å². The molecular weight excluding hydrogens is 230 g/mol. The third-order valence-corrected chi connectivity index (χ3v) is 2.88. The summed E-state index contributed by atoms with van der Waals surface area (Å²) in [4.78, 5) is 12.4. The number of fused-ring (bicyclic) bond motifs is 1. The first-order valence-electron chi connectivity index (χ1n) is 5.78. The minimum Gasteiger partial charge on any atom is -0.346 e. The van der Waals surface area contributed by atoms with Gasteiger partial charge in [0.25, 0.3) is 0 Å². The fraction of sp³-hybridized carbons (Fsp3) is 0.538. The van der Waals surface area contributed by atoms with Crippen molar-refractivity contribution < 1.29 is 0 Å². The van der Waals surface area contributed by atoms with Gasteiger partial charge in [-0.1, -0.05) is 20.8 Å². The lowest BCUT2D eigenvalue weighted by Crippen LogP contribution is -2.20. The Kier molecular flexibility index (Phi) is 2.73. The summed E-state index contributed by atoms with van der Waals surface area (Å²) in [5.41, 5.74) is 1.81. The van der Waals surface area contributed by atoms with Crippen LogP contribution in [0, 0.1) is 0 Å². The summed E-state index contributed by atoms with van der Waals surface area (Å²) in [5.74, 6) is 0.851. The molecule has 4 heteroatoms. The maximum Gasteiger partial charge on any atom is 0.141 e. The molecule has 0 amide bonds. The molecule has 3 nitrogen and oxygen atoms in total. The molecule has 2 aromatic heterocycles. The quantitative estimate of drug-likeness (QED) is 0.760. The first-order chi connectivity index (χ1) is 7.69. The molecule has 0 bridgehead atoms. The number of aromatic nitrogens is 3. The summed E-state index contributed by atoms with van der Waals surface area (Å²) in [6.07, 6.45) is 1.90. The number of H-pyrrole nitrogens is 1. The van der Waals surface area contributed by atoms with E-state index in [0.29, 0.717) is 0 Å². The Morgan fingerprint density at radius 1 is 1.12 bits per heavy atom. The van der Waals surface area contributed by atoms with Crippen molar-refractivity contribution in [3.63, 3.8) is 0 Å². The average Bonchev–Trinajstić information content (AvgIpc) is 2.59. The largest absolute Gasteiger partial charge is 0.346 e. The van der Waals surface area contributed by atoms with Gasteiger partial charge in [0.15, 0.2) is 0 Å². The van der Waals surface area contributed by atoms with E-state index in [2.05, 4.69) is 57.2 Å². The average molecular weight is 249 g/mol. The van der Waals surface area contributed by atoms with E-state index in [0.717, 1.165) is 22.6 Å². The second-order valence-electron chi connectivity index (χ2n) is 5.94. The van der Waals surface area contributed by atoms with Gasteiger partial charge in [-0.25, -0.2) is 9.97 Å². The summed E-state index contributed by atoms with van der Waals surface area (Å²) in [6.45, 7) is 10.5. The zero-order valence-corrected chi connectivity index (χ0v) is 11.9. The molecule has 0 unspecified atom stereocenters. The van der Waals surface area contributed by atoms with Crippen LogP contribution in [0.5, 0.6) is 0 Å². The molecule has 0 aliphatic heterocycles. The van der Waals surface area contributed by atoms with E-state index < -0.39 is 0 Å². The normalized spacial score (nSPS) is 13.3. The van der Waals surface area contributed by atoms with Gasteiger partial charge >= 0.3 is 0 Å². The van der Waals surface area contributed by atoms with Crippen molar-refractivity contribution in [1.29, 1.82) is 0 Å². The molecule has 0 saturated heterocycles. The molecule has 0 aliphatic rings. The maximum absolute atomic E-state index is 4.71. The van der Waals surface area contributed by atoms with Crippen LogP contribution < -0.4 is 0 Å². The number of nitrogens with zero attached hydrogens (tertiary/aromatic N) is 2. The van der Waals surface area contributed by atoms with Gasteiger partial charge in [-0.05, 0) is 19.9 Å². The van der Waals surface area contributed by atoms with Gasteiger partial charge in [0, 0.05) is 17.0 Å². The number of aromatic amines is 1. The minimum atomic E-state index is -0.274. The molecule has 0 saturated carbocycles. The first kappa shape index (κ1) is 12.4. The van der Waals surface area contributed by atoms with Crippen LogP contribution in [0.25, 0.3) is 11.0 Å². The molecule has 0 fully saturated rings. The summed E-state index contributed by atoms with van der Waals surface area (Å²) in [6, 6.07) is 2.01.